The Bertz CT molecular complexity index is 1020. The van der Waals surface area contributed by atoms with Crippen molar-refractivity contribution in [1.29, 1.82) is 0 Å². The Kier molecular flexibility index (Phi) is 9.08. The van der Waals surface area contributed by atoms with Gasteiger partial charge in [0.15, 0.2) is 0 Å². The number of nitrogens with zero attached hydrogens (tertiary/aromatic N) is 4. The van der Waals surface area contributed by atoms with Crippen LogP contribution >= 0.6 is 11.6 Å². The highest BCUT2D eigenvalue weighted by Crippen LogP contribution is 2.35. The van der Waals surface area contributed by atoms with E-state index >= 15 is 0 Å². The van der Waals surface area contributed by atoms with Crippen LogP contribution < -0.4 is 4.90 Å². The summed E-state index contributed by atoms with van der Waals surface area (Å²) in [7, 11) is 0. The molecule has 0 saturated carbocycles. The number of carbonyl (C=O) groups is 1. The molecule has 198 valence electrons. The maximum atomic E-state index is 13.5. The number of hydrogen-bond acceptors (Lipinski definition) is 5. The van der Waals surface area contributed by atoms with Crippen LogP contribution in [0, 0.1) is 6.92 Å². The Morgan fingerprint density at radius 3 is 2.22 bits per heavy atom. The van der Waals surface area contributed by atoms with Crippen molar-refractivity contribution in [2.45, 2.75) is 97.3 Å². The van der Waals surface area contributed by atoms with Gasteiger partial charge in [0.1, 0.15) is 0 Å². The summed E-state index contributed by atoms with van der Waals surface area (Å²) in [6, 6.07) is 3.32. The lowest BCUT2D eigenvalue weighted by Gasteiger charge is -2.47. The number of halogens is 4. The number of piperidine rings is 1. The molecule has 0 bridgehead atoms. The molecule has 0 spiro atoms. The molecule has 1 aliphatic heterocycles. The second-order valence-corrected chi connectivity index (χ2v) is 10.1. The smallest absolute Gasteiger partial charge is 0.416 e. The number of likely N-dealkylation sites (tertiary alicyclic amines) is 1. The molecule has 1 fully saturated rings. The predicted molar refractivity (Wildman–Crippen MR) is 134 cm³/mol. The fraction of sp³-hybridized carbons (Fsp3) is 0.577. The minimum absolute atomic E-state index is 0.0220. The first kappa shape index (κ1) is 28.0. The van der Waals surface area contributed by atoms with Crippen LogP contribution in [0.1, 0.15) is 70.1 Å². The standard InChI is InChI=1S/C26H34ClF3N4O2/c1-6-21-11-23(12-22(7-2)34(21)25(35)36-16(3)4)33(24-31-13-17(5)14-32-24)15-18-8-19(26(28,29)30)10-20(27)9-18/h8-10,13-14,16,21-23H,6-7,11-12,15H2,1-5H3/t21-,22+,23?. The van der Waals surface area contributed by atoms with Crippen molar-refractivity contribution in [1.82, 2.24) is 14.9 Å². The first-order valence-corrected chi connectivity index (χ1v) is 12.7. The lowest BCUT2D eigenvalue weighted by molar-refractivity contribution is -0.137. The second kappa shape index (κ2) is 11.7. The molecule has 1 aromatic carbocycles. The van der Waals surface area contributed by atoms with E-state index in [9.17, 15) is 18.0 Å². The van der Waals surface area contributed by atoms with Crippen molar-refractivity contribution in [2.75, 3.05) is 4.90 Å². The molecule has 1 saturated heterocycles. The van der Waals surface area contributed by atoms with Crippen LogP contribution in [-0.2, 0) is 17.5 Å². The summed E-state index contributed by atoms with van der Waals surface area (Å²) in [5, 5.41) is 0.0220. The minimum Gasteiger partial charge on any atom is -0.447 e. The van der Waals surface area contributed by atoms with E-state index in [1.165, 1.54) is 0 Å². The van der Waals surface area contributed by atoms with Crippen LogP contribution in [0.15, 0.2) is 30.6 Å². The van der Waals surface area contributed by atoms with Crippen molar-refractivity contribution < 1.29 is 22.7 Å². The molecule has 10 heteroatoms. The Hall–Kier alpha value is -2.55. The number of amides is 1. The molecule has 1 unspecified atom stereocenters. The first-order chi connectivity index (χ1) is 16.9. The van der Waals surface area contributed by atoms with E-state index in [0.717, 1.165) is 30.5 Å². The highest BCUT2D eigenvalue weighted by Gasteiger charge is 2.41. The van der Waals surface area contributed by atoms with Crippen LogP contribution in [0.2, 0.25) is 5.02 Å². The number of hydrogen-bond donors (Lipinski definition) is 0. The summed E-state index contributed by atoms with van der Waals surface area (Å²) in [5.74, 6) is 0.432. The summed E-state index contributed by atoms with van der Waals surface area (Å²) >= 11 is 6.07. The molecule has 36 heavy (non-hydrogen) atoms. The monoisotopic (exact) mass is 526 g/mol. The molecular weight excluding hydrogens is 493 g/mol. The number of alkyl halides is 3. The average Bonchev–Trinajstić information content (AvgIpc) is 2.81. The molecule has 6 nitrogen and oxygen atoms in total. The van der Waals surface area contributed by atoms with E-state index in [2.05, 4.69) is 9.97 Å². The predicted octanol–water partition coefficient (Wildman–Crippen LogP) is 7.03. The van der Waals surface area contributed by atoms with Crippen molar-refractivity contribution in [3.63, 3.8) is 0 Å². The van der Waals surface area contributed by atoms with Crippen LogP contribution in [0.25, 0.3) is 0 Å². The third kappa shape index (κ3) is 6.81. The average molecular weight is 527 g/mol. The third-order valence-electron chi connectivity index (χ3n) is 6.47. The molecule has 1 aliphatic rings. The van der Waals surface area contributed by atoms with Gasteiger partial charge in [0, 0.05) is 42.1 Å². The highest BCUT2D eigenvalue weighted by atomic mass is 35.5. The Morgan fingerprint density at radius 1 is 1.14 bits per heavy atom. The quantitative estimate of drug-likeness (QED) is 0.387. The van der Waals surface area contributed by atoms with Gasteiger partial charge in [-0.2, -0.15) is 13.2 Å². The minimum atomic E-state index is -4.51. The van der Waals surface area contributed by atoms with Gasteiger partial charge in [-0.15, -0.1) is 0 Å². The van der Waals surface area contributed by atoms with Gasteiger partial charge in [-0.3, -0.25) is 0 Å². The number of carbonyl (C=O) groups excluding carboxylic acids is 1. The van der Waals surface area contributed by atoms with Gasteiger partial charge in [0.25, 0.3) is 0 Å². The van der Waals surface area contributed by atoms with Gasteiger partial charge in [0.05, 0.1) is 11.7 Å². The molecule has 0 N–H and O–H groups in total. The fourth-order valence-electron chi connectivity index (χ4n) is 4.79. The van der Waals surface area contributed by atoms with Gasteiger partial charge < -0.3 is 14.5 Å². The topological polar surface area (TPSA) is 58.6 Å². The molecule has 2 heterocycles. The zero-order valence-corrected chi connectivity index (χ0v) is 22.1. The number of benzene rings is 1. The SMILES string of the molecule is CC[C@@H]1CC(N(Cc2cc(Cl)cc(C(F)(F)F)c2)c2ncc(C)cn2)C[C@H](CC)N1C(=O)OC(C)C. The summed E-state index contributed by atoms with van der Waals surface area (Å²) in [6.07, 6.45) is 0.993. The normalized spacial score (nSPS) is 20.5. The van der Waals surface area contributed by atoms with Crippen LogP contribution in [-0.4, -0.2) is 45.2 Å². The number of ether oxygens (including phenoxy) is 1. The highest BCUT2D eigenvalue weighted by molar-refractivity contribution is 6.30. The number of aryl methyl sites for hydroxylation is 1. The molecule has 0 radical (unpaired) electrons. The van der Waals surface area contributed by atoms with E-state index in [1.54, 1.807) is 18.5 Å². The second-order valence-electron chi connectivity index (χ2n) is 9.62. The van der Waals surface area contributed by atoms with Gasteiger partial charge >= 0.3 is 12.3 Å². The molecule has 3 rings (SSSR count). The van der Waals surface area contributed by atoms with Crippen LogP contribution in [0.5, 0.6) is 0 Å². The van der Waals surface area contributed by atoms with E-state index in [-0.39, 0.29) is 41.9 Å². The van der Waals surface area contributed by atoms with E-state index in [0.29, 0.717) is 24.4 Å². The zero-order valence-electron chi connectivity index (χ0n) is 21.3. The van der Waals surface area contributed by atoms with Gasteiger partial charge in [-0.05, 0) is 75.8 Å². The van der Waals surface area contributed by atoms with E-state index in [1.807, 2.05) is 44.4 Å². The van der Waals surface area contributed by atoms with Gasteiger partial charge in [-0.25, -0.2) is 14.8 Å². The maximum Gasteiger partial charge on any atom is 0.416 e. The third-order valence-corrected chi connectivity index (χ3v) is 6.69. The number of aromatic nitrogens is 2. The van der Waals surface area contributed by atoms with Crippen LogP contribution in [0.3, 0.4) is 0 Å². The number of anilines is 1. The molecule has 1 aromatic heterocycles. The molecule has 3 atom stereocenters. The van der Waals surface area contributed by atoms with E-state index < -0.39 is 11.7 Å². The molecule has 0 aliphatic carbocycles. The summed E-state index contributed by atoms with van der Waals surface area (Å²) in [5.41, 5.74) is 0.505. The van der Waals surface area contributed by atoms with Gasteiger partial charge in [0.2, 0.25) is 5.95 Å². The molecule has 1 amide bonds. The maximum absolute atomic E-state index is 13.5. The lowest BCUT2D eigenvalue weighted by atomic mass is 9.87. The Balaban J connectivity index is 1.98. The zero-order chi connectivity index (χ0) is 26.6. The lowest BCUT2D eigenvalue weighted by Crippen LogP contribution is -2.57. The van der Waals surface area contributed by atoms with Crippen molar-refractivity contribution in [3.05, 3.63) is 52.3 Å². The van der Waals surface area contributed by atoms with E-state index in [4.69, 9.17) is 16.3 Å². The van der Waals surface area contributed by atoms with Crippen molar-refractivity contribution >= 4 is 23.6 Å². The van der Waals surface area contributed by atoms with Gasteiger partial charge in [-0.1, -0.05) is 25.4 Å². The first-order valence-electron chi connectivity index (χ1n) is 12.3. The Morgan fingerprint density at radius 2 is 1.72 bits per heavy atom. The summed E-state index contributed by atoms with van der Waals surface area (Å²) in [4.78, 5) is 25.7. The van der Waals surface area contributed by atoms with Crippen molar-refractivity contribution in [3.8, 4) is 0 Å². The summed E-state index contributed by atoms with van der Waals surface area (Å²) in [6.45, 7) is 9.72. The summed E-state index contributed by atoms with van der Waals surface area (Å²) < 4.78 is 45.9. The molecule has 2 aromatic rings. The largest absolute Gasteiger partial charge is 0.447 e. The number of rotatable bonds is 7. The fourth-order valence-corrected chi connectivity index (χ4v) is 5.05. The Labute approximate surface area is 215 Å². The van der Waals surface area contributed by atoms with Crippen LogP contribution in [0.4, 0.5) is 23.9 Å². The van der Waals surface area contributed by atoms with Crippen molar-refractivity contribution in [2.24, 2.45) is 0 Å². The molecular formula is C26H34ClF3N4O2.